The number of carbonyl (C=O) groups is 2. The highest BCUT2D eigenvalue weighted by Crippen LogP contribution is 2.38. The van der Waals surface area contributed by atoms with E-state index in [0.29, 0.717) is 28.7 Å². The summed E-state index contributed by atoms with van der Waals surface area (Å²) in [7, 11) is -3.99. The van der Waals surface area contributed by atoms with Crippen LogP contribution in [-0.2, 0) is 14.8 Å². The number of nitrogens with zero attached hydrogens (tertiary/aromatic N) is 2. The van der Waals surface area contributed by atoms with Gasteiger partial charge < -0.3 is 10.2 Å². The Balaban J connectivity index is 1.77. The lowest BCUT2D eigenvalue weighted by Gasteiger charge is -2.33. The van der Waals surface area contributed by atoms with Crippen LogP contribution in [-0.4, -0.2) is 32.5 Å². The van der Waals surface area contributed by atoms with Gasteiger partial charge in [-0.05, 0) is 35.9 Å². The number of carbonyl (C=O) groups excluding carboxylic acids is 2. The van der Waals surface area contributed by atoms with Gasteiger partial charge in [-0.15, -0.1) is 15.7 Å². The van der Waals surface area contributed by atoms with Gasteiger partial charge in [-0.2, -0.15) is 8.42 Å². The molecule has 0 saturated heterocycles. The number of ketones is 1. The van der Waals surface area contributed by atoms with E-state index >= 15 is 0 Å². The second kappa shape index (κ2) is 6.82. The lowest BCUT2D eigenvalue weighted by atomic mass is 9.92. The van der Waals surface area contributed by atoms with Gasteiger partial charge in [0.15, 0.2) is 11.7 Å². The summed E-state index contributed by atoms with van der Waals surface area (Å²) in [6.07, 6.45) is 0.769. The molecule has 1 aromatic heterocycles. The summed E-state index contributed by atoms with van der Waals surface area (Å²) in [5.41, 5.74) is 0.747. The lowest BCUT2D eigenvalue weighted by molar-refractivity contribution is -0.119. The average molecular weight is 418 g/mol. The van der Waals surface area contributed by atoms with Gasteiger partial charge in [0.2, 0.25) is 5.91 Å². The number of rotatable bonds is 4. The monoisotopic (exact) mass is 417 g/mol. The number of hydrogen-bond donors (Lipinski definition) is 1. The van der Waals surface area contributed by atoms with E-state index in [9.17, 15) is 18.0 Å². The molecule has 2 aromatic rings. The van der Waals surface area contributed by atoms with Crippen LogP contribution in [0.3, 0.4) is 0 Å². The van der Waals surface area contributed by atoms with Gasteiger partial charge in [0.05, 0.1) is 11.3 Å². The average Bonchev–Trinajstić information content (AvgIpc) is 3.11. The molecule has 4 rings (SSSR count). The summed E-state index contributed by atoms with van der Waals surface area (Å²) in [5, 5.41) is 5.28. The first-order valence-corrected chi connectivity index (χ1v) is 11.3. The minimum absolute atomic E-state index is 0.0299. The molecule has 28 heavy (non-hydrogen) atoms. The van der Waals surface area contributed by atoms with Gasteiger partial charge in [0.25, 0.3) is 10.0 Å². The summed E-state index contributed by atoms with van der Waals surface area (Å²) >= 11 is 1.34. The molecule has 9 heteroatoms. The zero-order chi connectivity index (χ0) is 20.1. The first-order valence-electron chi connectivity index (χ1n) is 8.93. The Morgan fingerprint density at radius 1 is 1.21 bits per heavy atom. The number of hydrogen-bond acceptors (Lipinski definition) is 6. The van der Waals surface area contributed by atoms with Crippen LogP contribution in [0.1, 0.15) is 30.6 Å². The summed E-state index contributed by atoms with van der Waals surface area (Å²) in [5.74, 6) is -1.92. The third-order valence-electron chi connectivity index (χ3n) is 4.78. The molecular formula is C19H19N3O4S2. The van der Waals surface area contributed by atoms with Crippen molar-refractivity contribution in [2.75, 3.05) is 16.8 Å². The topological polar surface area (TPSA) is 95.9 Å². The minimum atomic E-state index is -3.99. The highest BCUT2D eigenvalue weighted by molar-refractivity contribution is 7.90. The van der Waals surface area contributed by atoms with Crippen molar-refractivity contribution in [3.8, 4) is 0 Å². The Labute approximate surface area is 167 Å². The van der Waals surface area contributed by atoms with E-state index in [1.807, 2.05) is 0 Å². The predicted molar refractivity (Wildman–Crippen MR) is 109 cm³/mol. The van der Waals surface area contributed by atoms with E-state index in [1.165, 1.54) is 17.4 Å². The van der Waals surface area contributed by atoms with Crippen molar-refractivity contribution in [3.05, 3.63) is 41.3 Å². The maximum absolute atomic E-state index is 13.2. The molecule has 0 spiro atoms. The van der Waals surface area contributed by atoms with E-state index in [1.54, 1.807) is 34.5 Å². The number of amidine groups is 1. The molecule has 1 atom stereocenters. The number of Topliss-reactive ketones (excluding diaryl/α,β-unsaturated/α-hetero) is 1. The highest BCUT2D eigenvalue weighted by Gasteiger charge is 2.45. The third-order valence-corrected chi connectivity index (χ3v) is 7.06. The van der Waals surface area contributed by atoms with Crippen molar-refractivity contribution >= 4 is 49.6 Å². The smallest absolute Gasteiger partial charge is 0.286 e. The van der Waals surface area contributed by atoms with Crippen LogP contribution < -0.4 is 10.2 Å². The van der Waals surface area contributed by atoms with Crippen LogP contribution in [0.2, 0.25) is 0 Å². The maximum Gasteiger partial charge on any atom is 0.286 e. The zero-order valence-corrected chi connectivity index (χ0v) is 17.0. The molecule has 0 fully saturated rings. The first kappa shape index (κ1) is 18.8. The van der Waals surface area contributed by atoms with Crippen LogP contribution >= 0.6 is 11.3 Å². The number of fused-ring (bicyclic) bond motifs is 2. The molecule has 7 nitrogen and oxygen atoms in total. The Bertz CT molecular complexity index is 1100. The molecule has 3 heterocycles. The Morgan fingerprint density at radius 3 is 2.71 bits per heavy atom. The van der Waals surface area contributed by atoms with Gasteiger partial charge in [-0.3, -0.25) is 9.59 Å². The van der Waals surface area contributed by atoms with Gasteiger partial charge in [0.1, 0.15) is 15.7 Å². The van der Waals surface area contributed by atoms with Crippen LogP contribution in [0.4, 0.5) is 10.7 Å². The molecule has 1 aromatic carbocycles. The summed E-state index contributed by atoms with van der Waals surface area (Å²) in [4.78, 5) is 27.9. The normalized spacial score (nSPS) is 20.5. The molecule has 1 amide bonds. The standard InChI is InChI=1S/C19H19N3O4S2/c1-11(2)7-9-22-18(24)15(16(23)12-8-10-27-19(12)22)17-20-13-5-3-4-6-14(13)28(25,26)21-17/h3-6,8,10-11,15H,7,9H2,1-2H3,(H,20,21). The van der Waals surface area contributed by atoms with Crippen molar-refractivity contribution in [2.24, 2.45) is 16.2 Å². The second-order valence-electron chi connectivity index (χ2n) is 7.18. The van der Waals surface area contributed by atoms with E-state index < -0.39 is 27.6 Å². The maximum atomic E-state index is 13.2. The summed E-state index contributed by atoms with van der Waals surface area (Å²) in [6.45, 7) is 4.58. The molecule has 1 N–H and O–H groups in total. The Hall–Kier alpha value is -2.52. The molecule has 1 unspecified atom stereocenters. The molecule has 146 valence electrons. The molecule has 2 aliphatic heterocycles. The number of benzene rings is 1. The van der Waals surface area contributed by atoms with E-state index in [2.05, 4.69) is 23.6 Å². The molecular weight excluding hydrogens is 398 g/mol. The van der Waals surface area contributed by atoms with Gasteiger partial charge in [-0.25, -0.2) is 0 Å². The fourth-order valence-electron chi connectivity index (χ4n) is 3.32. The van der Waals surface area contributed by atoms with Crippen molar-refractivity contribution in [1.82, 2.24) is 0 Å². The van der Waals surface area contributed by atoms with Gasteiger partial charge >= 0.3 is 0 Å². The predicted octanol–water partition coefficient (Wildman–Crippen LogP) is 3.15. The number of para-hydroxylation sites is 1. The van der Waals surface area contributed by atoms with Crippen LogP contribution in [0.15, 0.2) is 45.0 Å². The number of sulfonamides is 1. The van der Waals surface area contributed by atoms with Crippen molar-refractivity contribution in [2.45, 2.75) is 25.2 Å². The Morgan fingerprint density at radius 2 is 1.96 bits per heavy atom. The molecule has 0 radical (unpaired) electrons. The van der Waals surface area contributed by atoms with Crippen LogP contribution in [0, 0.1) is 11.8 Å². The van der Waals surface area contributed by atoms with E-state index in [0.717, 1.165) is 6.42 Å². The highest BCUT2D eigenvalue weighted by atomic mass is 32.2. The van der Waals surface area contributed by atoms with E-state index in [-0.39, 0.29) is 10.7 Å². The van der Waals surface area contributed by atoms with Crippen LogP contribution in [0.5, 0.6) is 0 Å². The first-order chi connectivity index (χ1) is 13.3. The van der Waals surface area contributed by atoms with Crippen molar-refractivity contribution < 1.29 is 18.0 Å². The van der Waals surface area contributed by atoms with E-state index in [4.69, 9.17) is 0 Å². The minimum Gasteiger partial charge on any atom is -0.341 e. The Kier molecular flexibility index (Phi) is 4.59. The second-order valence-corrected chi connectivity index (χ2v) is 9.65. The zero-order valence-electron chi connectivity index (χ0n) is 15.4. The summed E-state index contributed by atoms with van der Waals surface area (Å²) < 4.78 is 28.9. The van der Waals surface area contributed by atoms with Crippen molar-refractivity contribution in [1.29, 1.82) is 0 Å². The fraction of sp³-hybridized carbons (Fsp3) is 0.316. The molecule has 0 saturated carbocycles. The number of nitrogens with one attached hydrogen (secondary N) is 1. The quantitative estimate of drug-likeness (QED) is 0.771. The number of anilines is 2. The fourth-order valence-corrected chi connectivity index (χ4v) is 5.41. The van der Waals surface area contributed by atoms with Gasteiger partial charge in [0, 0.05) is 6.54 Å². The van der Waals surface area contributed by atoms with Crippen LogP contribution in [0.25, 0.3) is 0 Å². The van der Waals surface area contributed by atoms with Crippen molar-refractivity contribution in [3.63, 3.8) is 0 Å². The number of thiophene rings is 1. The molecule has 2 aliphatic rings. The van der Waals surface area contributed by atoms with Gasteiger partial charge in [-0.1, -0.05) is 26.0 Å². The third kappa shape index (κ3) is 3.04. The molecule has 0 aliphatic carbocycles. The molecule has 0 bridgehead atoms. The number of amides is 1. The summed E-state index contributed by atoms with van der Waals surface area (Å²) in [6, 6.07) is 7.98. The largest absolute Gasteiger partial charge is 0.341 e. The lowest BCUT2D eigenvalue weighted by Crippen LogP contribution is -2.50. The SMILES string of the molecule is CC(C)CCN1C(=O)C(C2=NS(=O)(=O)c3ccccc3N2)C(=O)c2ccsc21.